The second kappa shape index (κ2) is 7.38. The van der Waals surface area contributed by atoms with E-state index in [-0.39, 0.29) is 10.8 Å². The van der Waals surface area contributed by atoms with E-state index >= 15 is 0 Å². The molecule has 4 aromatic rings. The molecule has 0 bridgehead atoms. The maximum Gasteiger partial charge on any atom is 0.0464 e. The summed E-state index contributed by atoms with van der Waals surface area (Å²) in [7, 11) is 0. The van der Waals surface area contributed by atoms with E-state index in [1.165, 1.54) is 44.6 Å². The van der Waals surface area contributed by atoms with Gasteiger partial charge in [0.1, 0.15) is 0 Å². The third-order valence-corrected chi connectivity index (χ3v) is 6.82. The lowest BCUT2D eigenvalue weighted by molar-refractivity contribution is 0.590. The van der Waals surface area contributed by atoms with Crippen LogP contribution in [0.25, 0.3) is 22.3 Å². The summed E-state index contributed by atoms with van der Waals surface area (Å²) in [6, 6.07) is 33.0. The highest BCUT2D eigenvalue weighted by Crippen LogP contribution is 2.52. The predicted molar refractivity (Wildman–Crippen MR) is 138 cm³/mol. The molecule has 0 unspecified atom stereocenters. The second-order valence-corrected chi connectivity index (χ2v) is 10.4. The Bertz CT molecular complexity index is 1290. The van der Waals surface area contributed by atoms with Crippen molar-refractivity contribution in [1.29, 1.82) is 0 Å². The molecule has 4 aromatic carbocycles. The smallest absolute Gasteiger partial charge is 0.0464 e. The molecule has 160 valence electrons. The van der Waals surface area contributed by atoms with Crippen molar-refractivity contribution in [2.45, 2.75) is 45.4 Å². The summed E-state index contributed by atoms with van der Waals surface area (Å²) in [4.78, 5) is 0. The maximum atomic E-state index is 3.84. The van der Waals surface area contributed by atoms with Crippen LogP contribution < -0.4 is 5.32 Å². The van der Waals surface area contributed by atoms with Crippen molar-refractivity contribution < 1.29 is 0 Å². The monoisotopic (exact) mass is 417 g/mol. The van der Waals surface area contributed by atoms with Gasteiger partial charge in [-0.2, -0.15) is 0 Å². The molecule has 0 radical (unpaired) electrons. The van der Waals surface area contributed by atoms with Crippen LogP contribution in [0.4, 0.5) is 11.4 Å². The van der Waals surface area contributed by atoms with Gasteiger partial charge in [-0.15, -0.1) is 0 Å². The molecule has 1 heteroatoms. The van der Waals surface area contributed by atoms with E-state index in [9.17, 15) is 0 Å². The third-order valence-electron chi connectivity index (χ3n) is 6.82. The zero-order valence-corrected chi connectivity index (χ0v) is 19.7. The zero-order chi connectivity index (χ0) is 22.5. The molecule has 0 aromatic heterocycles. The van der Waals surface area contributed by atoms with Gasteiger partial charge in [0.2, 0.25) is 0 Å². The van der Waals surface area contributed by atoms with Crippen LogP contribution in [-0.4, -0.2) is 0 Å². The lowest BCUT2D eigenvalue weighted by Gasteiger charge is -2.26. The standard InChI is InChI=1S/C31H31N/c1-30(2,3)22-18-19-27(25(20-22)21-12-7-6-8-13-21)32-28-17-11-15-24-23-14-9-10-16-26(23)31(4,5)29(24)28/h6-20,32H,1-5H3. The first kappa shape index (κ1) is 20.6. The second-order valence-electron chi connectivity index (χ2n) is 10.4. The fraction of sp³-hybridized carbons (Fsp3) is 0.226. The fourth-order valence-electron chi connectivity index (χ4n) is 5.07. The average Bonchev–Trinajstić information content (AvgIpc) is 3.02. The van der Waals surface area contributed by atoms with Crippen molar-refractivity contribution >= 4 is 11.4 Å². The summed E-state index contributed by atoms with van der Waals surface area (Å²) in [6.45, 7) is 11.5. The number of rotatable bonds is 3. The first-order valence-electron chi connectivity index (χ1n) is 11.5. The van der Waals surface area contributed by atoms with Gasteiger partial charge in [0.05, 0.1) is 0 Å². The molecule has 0 atom stereocenters. The minimum Gasteiger partial charge on any atom is -0.355 e. The van der Waals surface area contributed by atoms with Crippen LogP contribution in [0.1, 0.15) is 51.3 Å². The molecule has 0 spiro atoms. The lowest BCUT2D eigenvalue weighted by atomic mass is 9.81. The highest BCUT2D eigenvalue weighted by molar-refractivity contribution is 5.89. The van der Waals surface area contributed by atoms with Gasteiger partial charge in [0.15, 0.2) is 0 Å². The largest absolute Gasteiger partial charge is 0.355 e. The summed E-state index contributed by atoms with van der Waals surface area (Å²) in [6.07, 6.45) is 0. The summed E-state index contributed by atoms with van der Waals surface area (Å²) < 4.78 is 0. The van der Waals surface area contributed by atoms with Crippen molar-refractivity contribution in [1.82, 2.24) is 0 Å². The Morgan fingerprint density at radius 2 is 1.31 bits per heavy atom. The zero-order valence-electron chi connectivity index (χ0n) is 19.7. The van der Waals surface area contributed by atoms with Gasteiger partial charge in [0.25, 0.3) is 0 Å². The molecule has 1 nitrogen and oxygen atoms in total. The van der Waals surface area contributed by atoms with Crippen molar-refractivity contribution in [2.75, 3.05) is 5.32 Å². The molecule has 0 fully saturated rings. The molecule has 5 rings (SSSR count). The van der Waals surface area contributed by atoms with E-state index in [0.29, 0.717) is 0 Å². The number of nitrogens with one attached hydrogen (secondary N) is 1. The minimum absolute atomic E-state index is 0.0478. The van der Waals surface area contributed by atoms with Crippen molar-refractivity contribution in [3.63, 3.8) is 0 Å². The SMILES string of the molecule is CC(C)(C)c1ccc(Nc2cccc3c2C(C)(C)c2ccccc2-3)c(-c2ccccc2)c1. The van der Waals surface area contributed by atoms with E-state index in [1.54, 1.807) is 0 Å². The van der Waals surface area contributed by atoms with Gasteiger partial charge >= 0.3 is 0 Å². The summed E-state index contributed by atoms with van der Waals surface area (Å²) in [5, 5.41) is 3.84. The first-order chi connectivity index (χ1) is 15.3. The van der Waals surface area contributed by atoms with Crippen LogP contribution in [0.2, 0.25) is 0 Å². The predicted octanol–water partition coefficient (Wildman–Crippen LogP) is 8.70. The normalized spacial score (nSPS) is 14.0. The van der Waals surface area contributed by atoms with Gasteiger partial charge in [-0.05, 0) is 57.0 Å². The van der Waals surface area contributed by atoms with Crippen LogP contribution in [0.15, 0.2) is 91.0 Å². The van der Waals surface area contributed by atoms with Gasteiger partial charge in [0, 0.05) is 22.4 Å². The van der Waals surface area contributed by atoms with E-state index in [0.717, 1.165) is 5.69 Å². The number of fused-ring (bicyclic) bond motifs is 3. The molecule has 0 amide bonds. The Morgan fingerprint density at radius 3 is 2.06 bits per heavy atom. The molecule has 0 saturated heterocycles. The van der Waals surface area contributed by atoms with E-state index in [4.69, 9.17) is 0 Å². The highest BCUT2D eigenvalue weighted by atomic mass is 14.9. The molecule has 0 heterocycles. The molecular formula is C31H31N. The van der Waals surface area contributed by atoms with Crippen LogP contribution in [0.5, 0.6) is 0 Å². The van der Waals surface area contributed by atoms with Crippen LogP contribution in [0, 0.1) is 0 Å². The van der Waals surface area contributed by atoms with Gasteiger partial charge < -0.3 is 5.32 Å². The van der Waals surface area contributed by atoms with Gasteiger partial charge in [-0.25, -0.2) is 0 Å². The first-order valence-corrected chi connectivity index (χ1v) is 11.5. The van der Waals surface area contributed by atoms with Crippen molar-refractivity contribution in [3.8, 4) is 22.3 Å². The Labute approximate surface area is 192 Å². The fourth-order valence-corrected chi connectivity index (χ4v) is 5.07. The van der Waals surface area contributed by atoms with Crippen LogP contribution in [-0.2, 0) is 10.8 Å². The van der Waals surface area contributed by atoms with Gasteiger partial charge in [-0.3, -0.25) is 0 Å². The quantitative estimate of drug-likeness (QED) is 0.351. The molecule has 1 N–H and O–H groups in total. The Kier molecular flexibility index (Phi) is 4.74. The number of benzene rings is 4. The van der Waals surface area contributed by atoms with Crippen LogP contribution in [0.3, 0.4) is 0 Å². The Balaban J connectivity index is 1.66. The summed E-state index contributed by atoms with van der Waals surface area (Å²) >= 11 is 0. The molecule has 1 aliphatic rings. The molecule has 32 heavy (non-hydrogen) atoms. The number of hydrogen-bond donors (Lipinski definition) is 1. The molecule has 1 aliphatic carbocycles. The van der Waals surface area contributed by atoms with E-state index in [2.05, 4.69) is 131 Å². The molecule has 0 aliphatic heterocycles. The van der Waals surface area contributed by atoms with Gasteiger partial charge in [-0.1, -0.05) is 107 Å². The minimum atomic E-state index is -0.0478. The molecule has 0 saturated carbocycles. The lowest BCUT2D eigenvalue weighted by Crippen LogP contribution is -2.17. The van der Waals surface area contributed by atoms with E-state index in [1.807, 2.05) is 0 Å². The van der Waals surface area contributed by atoms with Crippen molar-refractivity contribution in [2.24, 2.45) is 0 Å². The Hall–Kier alpha value is -3.32. The van der Waals surface area contributed by atoms with Crippen molar-refractivity contribution in [3.05, 3.63) is 108 Å². The molecular weight excluding hydrogens is 386 g/mol. The van der Waals surface area contributed by atoms with Crippen LogP contribution >= 0.6 is 0 Å². The maximum absolute atomic E-state index is 3.84. The highest BCUT2D eigenvalue weighted by Gasteiger charge is 2.37. The average molecular weight is 418 g/mol. The Morgan fingerprint density at radius 1 is 0.625 bits per heavy atom. The number of hydrogen-bond acceptors (Lipinski definition) is 1. The van der Waals surface area contributed by atoms with E-state index < -0.39 is 0 Å². The summed E-state index contributed by atoms with van der Waals surface area (Å²) in [5.74, 6) is 0. The number of anilines is 2. The topological polar surface area (TPSA) is 12.0 Å². The summed E-state index contributed by atoms with van der Waals surface area (Å²) in [5.41, 5.74) is 11.6. The third kappa shape index (κ3) is 3.33.